The first-order chi connectivity index (χ1) is 15.3. The molecule has 4 rings (SSSR count). The standard InChI is InChI=1S/C22H21Cl2N3O5/c23-15-7-13(8-16(24)11-15)9-17-12-26(5-6-27(17)22(30)31)4-3-19(28)14-1-2-18-20(10-14)32-21(29)25-18/h1-2,7-8,10-11,17H,3-6,9,12H2,(H,25,29)(H,30,31). The molecular weight excluding hydrogens is 457 g/mol. The lowest BCUT2D eigenvalue weighted by atomic mass is 10.0. The number of Topliss-reactive ketones (excluding diaryl/α,β-unsaturated/α-hetero) is 1. The zero-order valence-corrected chi connectivity index (χ0v) is 18.5. The van der Waals surface area contributed by atoms with Crippen LogP contribution in [-0.4, -0.2) is 64.0 Å². The van der Waals surface area contributed by atoms with Crippen LogP contribution in [0.1, 0.15) is 22.3 Å². The summed E-state index contributed by atoms with van der Waals surface area (Å²) in [7, 11) is 0. The van der Waals surface area contributed by atoms with E-state index in [1.807, 2.05) is 0 Å². The van der Waals surface area contributed by atoms with Gasteiger partial charge < -0.3 is 14.4 Å². The fraction of sp³-hybridized carbons (Fsp3) is 0.318. The van der Waals surface area contributed by atoms with Crippen molar-refractivity contribution in [3.63, 3.8) is 0 Å². The second-order valence-electron chi connectivity index (χ2n) is 7.81. The second kappa shape index (κ2) is 9.36. The topological polar surface area (TPSA) is 107 Å². The maximum absolute atomic E-state index is 12.7. The van der Waals surface area contributed by atoms with E-state index in [0.29, 0.717) is 59.3 Å². The molecule has 3 aromatic rings. The van der Waals surface area contributed by atoms with Crippen LogP contribution in [0.15, 0.2) is 45.6 Å². The number of benzene rings is 2. The van der Waals surface area contributed by atoms with Gasteiger partial charge in [0.15, 0.2) is 11.4 Å². The van der Waals surface area contributed by atoms with Crippen LogP contribution < -0.4 is 5.76 Å². The molecule has 2 heterocycles. The van der Waals surface area contributed by atoms with Gasteiger partial charge in [-0.3, -0.25) is 14.7 Å². The first-order valence-corrected chi connectivity index (χ1v) is 10.9. The Balaban J connectivity index is 1.41. The summed E-state index contributed by atoms with van der Waals surface area (Å²) in [6.07, 6.45) is -0.233. The minimum atomic E-state index is -0.972. The molecule has 1 atom stereocenters. The Kier molecular flexibility index (Phi) is 6.55. The Morgan fingerprint density at radius 2 is 1.88 bits per heavy atom. The summed E-state index contributed by atoms with van der Waals surface area (Å²) < 4.78 is 5.02. The number of H-pyrrole nitrogens is 1. The van der Waals surface area contributed by atoms with Crippen molar-refractivity contribution in [2.24, 2.45) is 0 Å². The number of fused-ring (bicyclic) bond motifs is 1. The van der Waals surface area contributed by atoms with Crippen molar-refractivity contribution < 1.29 is 19.1 Å². The van der Waals surface area contributed by atoms with Gasteiger partial charge in [-0.25, -0.2) is 9.59 Å². The Morgan fingerprint density at radius 3 is 2.59 bits per heavy atom. The average Bonchev–Trinajstić information content (AvgIpc) is 3.10. The van der Waals surface area contributed by atoms with Gasteiger partial charge in [0.1, 0.15) is 0 Å². The fourth-order valence-corrected chi connectivity index (χ4v) is 4.64. The number of amides is 1. The molecule has 32 heavy (non-hydrogen) atoms. The Bertz CT molecular complexity index is 1200. The SMILES string of the molecule is O=C(CCN1CCN(C(=O)O)C(Cc2cc(Cl)cc(Cl)c2)C1)c1ccc2[nH]c(=O)oc2c1. The molecule has 2 N–H and O–H groups in total. The van der Waals surface area contributed by atoms with Gasteiger partial charge in [-0.05, 0) is 48.4 Å². The average molecular weight is 478 g/mol. The zero-order valence-electron chi connectivity index (χ0n) is 17.0. The minimum Gasteiger partial charge on any atom is -0.465 e. The summed E-state index contributed by atoms with van der Waals surface area (Å²) in [5.41, 5.74) is 2.21. The Hall–Kier alpha value is -2.81. The summed E-state index contributed by atoms with van der Waals surface area (Å²) in [5.74, 6) is -0.637. The lowest BCUT2D eigenvalue weighted by molar-refractivity contribution is 0.0647. The molecule has 0 spiro atoms. The van der Waals surface area contributed by atoms with E-state index in [4.69, 9.17) is 27.6 Å². The number of rotatable bonds is 6. The summed E-state index contributed by atoms with van der Waals surface area (Å²) in [4.78, 5) is 41.7. The van der Waals surface area contributed by atoms with Gasteiger partial charge in [0.05, 0.1) is 11.6 Å². The van der Waals surface area contributed by atoms with Crippen molar-refractivity contribution >= 4 is 46.2 Å². The largest absolute Gasteiger partial charge is 0.465 e. The van der Waals surface area contributed by atoms with Crippen LogP contribution in [0, 0.1) is 0 Å². The van der Waals surface area contributed by atoms with E-state index in [1.165, 1.54) is 4.90 Å². The molecule has 2 aromatic carbocycles. The van der Waals surface area contributed by atoms with Crippen LogP contribution in [0.4, 0.5) is 4.79 Å². The number of carbonyl (C=O) groups excluding carboxylic acids is 1. The number of nitrogens with one attached hydrogen (secondary N) is 1. The molecule has 1 aliphatic rings. The normalized spacial score (nSPS) is 17.1. The van der Waals surface area contributed by atoms with Gasteiger partial charge in [-0.2, -0.15) is 0 Å². The summed E-state index contributed by atoms with van der Waals surface area (Å²) in [5, 5.41) is 10.6. The highest BCUT2D eigenvalue weighted by Gasteiger charge is 2.30. The number of carboxylic acid groups (broad SMARTS) is 1. The summed E-state index contributed by atoms with van der Waals surface area (Å²) in [6, 6.07) is 9.78. The summed E-state index contributed by atoms with van der Waals surface area (Å²) >= 11 is 12.2. The lowest BCUT2D eigenvalue weighted by Crippen LogP contribution is -2.55. The predicted molar refractivity (Wildman–Crippen MR) is 121 cm³/mol. The number of ketones is 1. The fourth-order valence-electron chi connectivity index (χ4n) is 4.07. The summed E-state index contributed by atoms with van der Waals surface area (Å²) in [6.45, 7) is 1.88. The third-order valence-electron chi connectivity index (χ3n) is 5.60. The first kappa shape index (κ1) is 22.4. The van der Waals surface area contributed by atoms with Crippen LogP contribution in [0.5, 0.6) is 0 Å². The third-order valence-corrected chi connectivity index (χ3v) is 6.04. The highest BCUT2D eigenvalue weighted by molar-refractivity contribution is 6.34. The molecule has 168 valence electrons. The number of hydrogen-bond donors (Lipinski definition) is 2. The molecule has 0 saturated carbocycles. The lowest BCUT2D eigenvalue weighted by Gasteiger charge is -2.40. The molecule has 0 bridgehead atoms. The highest BCUT2D eigenvalue weighted by atomic mass is 35.5. The molecular formula is C22H21Cl2N3O5. The van der Waals surface area contributed by atoms with Gasteiger partial charge in [0.2, 0.25) is 0 Å². The van der Waals surface area contributed by atoms with Gasteiger partial charge in [-0.1, -0.05) is 23.2 Å². The van der Waals surface area contributed by atoms with Crippen LogP contribution in [-0.2, 0) is 6.42 Å². The van der Waals surface area contributed by atoms with Crippen LogP contribution in [0.3, 0.4) is 0 Å². The molecule has 0 aliphatic carbocycles. The number of oxazole rings is 1. The van der Waals surface area contributed by atoms with E-state index < -0.39 is 11.8 Å². The molecule has 10 heteroatoms. The predicted octanol–water partition coefficient (Wildman–Crippen LogP) is 3.91. The van der Waals surface area contributed by atoms with E-state index >= 15 is 0 Å². The quantitative estimate of drug-likeness (QED) is 0.521. The van der Waals surface area contributed by atoms with E-state index in [-0.39, 0.29) is 18.2 Å². The molecule has 1 aliphatic heterocycles. The van der Waals surface area contributed by atoms with Crippen LogP contribution in [0.25, 0.3) is 11.1 Å². The van der Waals surface area contributed by atoms with Crippen LogP contribution >= 0.6 is 23.2 Å². The molecule has 1 aromatic heterocycles. The number of piperazine rings is 1. The Labute approximate surface area is 193 Å². The maximum atomic E-state index is 12.7. The van der Waals surface area contributed by atoms with Gasteiger partial charge in [-0.15, -0.1) is 0 Å². The highest BCUT2D eigenvalue weighted by Crippen LogP contribution is 2.23. The molecule has 1 fully saturated rings. The second-order valence-corrected chi connectivity index (χ2v) is 8.68. The number of aromatic nitrogens is 1. The van der Waals surface area contributed by atoms with Crippen molar-refractivity contribution in [2.75, 3.05) is 26.2 Å². The van der Waals surface area contributed by atoms with Crippen molar-refractivity contribution in [3.05, 3.63) is 68.1 Å². The number of aromatic amines is 1. The van der Waals surface area contributed by atoms with E-state index in [0.717, 1.165) is 5.56 Å². The first-order valence-electron chi connectivity index (χ1n) is 10.1. The number of nitrogens with zero attached hydrogens (tertiary/aromatic N) is 2. The third kappa shape index (κ3) is 5.15. The molecule has 1 saturated heterocycles. The minimum absolute atomic E-state index is 0.0745. The molecule has 1 amide bonds. The van der Waals surface area contributed by atoms with Crippen molar-refractivity contribution in [1.29, 1.82) is 0 Å². The number of hydrogen-bond acceptors (Lipinski definition) is 5. The molecule has 8 nitrogen and oxygen atoms in total. The van der Waals surface area contributed by atoms with Crippen molar-refractivity contribution in [2.45, 2.75) is 18.9 Å². The molecule has 0 radical (unpaired) electrons. The smallest absolute Gasteiger partial charge is 0.417 e. The van der Waals surface area contributed by atoms with E-state index in [1.54, 1.807) is 36.4 Å². The number of carbonyl (C=O) groups is 2. The van der Waals surface area contributed by atoms with Crippen molar-refractivity contribution in [1.82, 2.24) is 14.8 Å². The van der Waals surface area contributed by atoms with Crippen molar-refractivity contribution in [3.8, 4) is 0 Å². The zero-order chi connectivity index (χ0) is 22.8. The maximum Gasteiger partial charge on any atom is 0.417 e. The van der Waals surface area contributed by atoms with Gasteiger partial charge in [0.25, 0.3) is 0 Å². The van der Waals surface area contributed by atoms with Gasteiger partial charge in [0, 0.05) is 48.2 Å². The van der Waals surface area contributed by atoms with Crippen LogP contribution in [0.2, 0.25) is 10.0 Å². The van der Waals surface area contributed by atoms with E-state index in [2.05, 4.69) is 9.88 Å². The van der Waals surface area contributed by atoms with Gasteiger partial charge >= 0.3 is 11.8 Å². The monoisotopic (exact) mass is 477 g/mol. The Morgan fingerprint density at radius 1 is 1.12 bits per heavy atom. The number of halogens is 2. The van der Waals surface area contributed by atoms with E-state index in [9.17, 15) is 19.5 Å². The molecule has 1 unspecified atom stereocenters.